The van der Waals surface area contributed by atoms with E-state index < -0.39 is 0 Å². The molecule has 0 N–H and O–H groups in total. The summed E-state index contributed by atoms with van der Waals surface area (Å²) in [7, 11) is 0. The molecule has 0 amide bonds. The summed E-state index contributed by atoms with van der Waals surface area (Å²) in [6, 6.07) is 0.843. The Labute approximate surface area is 123 Å². The van der Waals surface area contributed by atoms with Gasteiger partial charge in [0.1, 0.15) is 0 Å². The van der Waals surface area contributed by atoms with Crippen LogP contribution < -0.4 is 51.4 Å². The summed E-state index contributed by atoms with van der Waals surface area (Å²) in [5.74, 6) is 0. The fourth-order valence-electron chi connectivity index (χ4n) is 1.02. The van der Waals surface area contributed by atoms with Gasteiger partial charge in [-0.15, -0.1) is 0 Å². The number of nitrogens with zero attached hydrogens (tertiary/aromatic N) is 1. The first-order valence-electron chi connectivity index (χ1n) is 3.46. The molecule has 0 heterocycles. The zero-order chi connectivity index (χ0) is 8.31. The molecule has 0 aliphatic rings. The number of rotatable bonds is 2. The van der Waals surface area contributed by atoms with Gasteiger partial charge in [0.2, 0.25) is 0 Å². The van der Waals surface area contributed by atoms with Crippen molar-refractivity contribution < 1.29 is 51.4 Å². The maximum absolute atomic E-state index is 4.91. The smallest absolute Gasteiger partial charge is 0.411 e. The van der Waals surface area contributed by atoms with E-state index in [0.29, 0.717) is 16.4 Å². The number of hydrogen-bond acceptors (Lipinski definition) is 2. The standard InChI is InChI=1S/C7H15NS2.K/c1-5(2)8(6(3)4)7(9)10;/h5-6H,1-4H3,(H,9,10);/q;+1/p-1. The second-order valence-corrected chi connectivity index (χ2v) is 3.89. The summed E-state index contributed by atoms with van der Waals surface area (Å²) in [4.78, 5) is 2.05. The summed E-state index contributed by atoms with van der Waals surface area (Å²) >= 11 is 9.82. The number of thiocarbonyl (C=S) groups is 1. The predicted octanol–water partition coefficient (Wildman–Crippen LogP) is -1.06. The molecule has 0 saturated carbocycles. The van der Waals surface area contributed by atoms with E-state index >= 15 is 0 Å². The van der Waals surface area contributed by atoms with Crippen LogP contribution in [0.1, 0.15) is 27.7 Å². The van der Waals surface area contributed by atoms with E-state index in [2.05, 4.69) is 27.7 Å². The molecule has 0 bridgehead atoms. The van der Waals surface area contributed by atoms with Crippen LogP contribution in [0, 0.1) is 0 Å². The van der Waals surface area contributed by atoms with Gasteiger partial charge in [-0.25, -0.2) is 0 Å². The second kappa shape index (κ2) is 7.18. The molecule has 0 aromatic heterocycles. The third-order valence-electron chi connectivity index (χ3n) is 1.32. The second-order valence-electron chi connectivity index (χ2n) is 2.86. The Bertz CT molecular complexity index is 118. The van der Waals surface area contributed by atoms with Gasteiger partial charge in [0.05, 0.1) is 0 Å². The molecule has 60 valence electrons. The van der Waals surface area contributed by atoms with Gasteiger partial charge in [-0.05, 0) is 27.7 Å². The Morgan fingerprint density at radius 1 is 1.18 bits per heavy atom. The van der Waals surface area contributed by atoms with Crippen LogP contribution in [0.4, 0.5) is 0 Å². The Kier molecular flexibility index (Phi) is 9.94. The van der Waals surface area contributed by atoms with Crippen molar-refractivity contribution in [3.8, 4) is 0 Å². The van der Waals surface area contributed by atoms with E-state index in [1.807, 2.05) is 4.90 Å². The predicted molar refractivity (Wildman–Crippen MR) is 52.1 cm³/mol. The molecular weight excluding hydrogens is 201 g/mol. The fourth-order valence-corrected chi connectivity index (χ4v) is 1.86. The van der Waals surface area contributed by atoms with Gasteiger partial charge in [0.25, 0.3) is 0 Å². The van der Waals surface area contributed by atoms with Crippen molar-refractivity contribution in [2.45, 2.75) is 39.8 Å². The average molecular weight is 215 g/mol. The minimum atomic E-state index is 0. The zero-order valence-electron chi connectivity index (χ0n) is 7.92. The van der Waals surface area contributed by atoms with Gasteiger partial charge in [0, 0.05) is 12.1 Å². The minimum Gasteiger partial charge on any atom is -0.411 e. The van der Waals surface area contributed by atoms with Crippen LogP contribution in [-0.4, -0.2) is 21.3 Å². The topological polar surface area (TPSA) is 3.24 Å². The molecule has 0 fully saturated rings. The maximum Gasteiger partial charge on any atom is 1.00 e. The third kappa shape index (κ3) is 5.90. The molecule has 11 heavy (non-hydrogen) atoms. The summed E-state index contributed by atoms with van der Waals surface area (Å²) in [5, 5.41) is 0. The van der Waals surface area contributed by atoms with Crippen molar-refractivity contribution >= 4 is 29.2 Å². The van der Waals surface area contributed by atoms with Crippen molar-refractivity contribution in [3.05, 3.63) is 0 Å². The fraction of sp³-hybridized carbons (Fsp3) is 0.857. The minimum absolute atomic E-state index is 0. The van der Waals surface area contributed by atoms with Crippen molar-refractivity contribution in [2.75, 3.05) is 0 Å². The van der Waals surface area contributed by atoms with E-state index in [9.17, 15) is 0 Å². The van der Waals surface area contributed by atoms with E-state index in [4.69, 9.17) is 24.8 Å². The summed E-state index contributed by atoms with van der Waals surface area (Å²) in [6.07, 6.45) is 0. The normalized spacial score (nSPS) is 9.64. The van der Waals surface area contributed by atoms with Gasteiger partial charge >= 0.3 is 51.4 Å². The van der Waals surface area contributed by atoms with E-state index in [0.717, 1.165) is 0 Å². The Morgan fingerprint density at radius 3 is 1.45 bits per heavy atom. The molecule has 0 aliphatic heterocycles. The Hall–Kier alpha value is 1.75. The van der Waals surface area contributed by atoms with Gasteiger partial charge in [-0.2, -0.15) is 0 Å². The monoisotopic (exact) mass is 215 g/mol. The third-order valence-corrected chi connectivity index (χ3v) is 1.75. The average Bonchev–Trinajstić information content (AvgIpc) is 1.59. The van der Waals surface area contributed by atoms with Crippen molar-refractivity contribution in [2.24, 2.45) is 0 Å². The molecule has 0 atom stereocenters. The van der Waals surface area contributed by atoms with Gasteiger partial charge < -0.3 is 29.7 Å². The Morgan fingerprint density at radius 2 is 1.45 bits per heavy atom. The van der Waals surface area contributed by atoms with Gasteiger partial charge in [-0.1, -0.05) is 4.32 Å². The molecular formula is C7H14KNS2. The summed E-state index contributed by atoms with van der Waals surface area (Å²) in [5.41, 5.74) is 0. The molecule has 0 aromatic carbocycles. The largest absolute Gasteiger partial charge is 1.00 e. The van der Waals surface area contributed by atoms with E-state index in [1.165, 1.54) is 0 Å². The van der Waals surface area contributed by atoms with Crippen LogP contribution in [0.25, 0.3) is 0 Å². The number of hydrogen-bond donors (Lipinski definition) is 0. The van der Waals surface area contributed by atoms with E-state index in [1.54, 1.807) is 0 Å². The van der Waals surface area contributed by atoms with Gasteiger partial charge in [-0.3, -0.25) is 0 Å². The van der Waals surface area contributed by atoms with Gasteiger partial charge in [0.15, 0.2) is 0 Å². The first-order chi connectivity index (χ1) is 4.46. The molecule has 0 unspecified atom stereocenters. The Balaban J connectivity index is 0. The van der Waals surface area contributed by atoms with Crippen molar-refractivity contribution in [3.63, 3.8) is 0 Å². The van der Waals surface area contributed by atoms with Crippen LogP contribution in [0.5, 0.6) is 0 Å². The quantitative estimate of drug-likeness (QED) is 0.328. The molecule has 1 nitrogen and oxygen atoms in total. The van der Waals surface area contributed by atoms with Crippen LogP contribution in [0.3, 0.4) is 0 Å². The van der Waals surface area contributed by atoms with Crippen LogP contribution in [0.15, 0.2) is 0 Å². The van der Waals surface area contributed by atoms with E-state index in [-0.39, 0.29) is 51.4 Å². The van der Waals surface area contributed by atoms with Crippen LogP contribution >= 0.6 is 12.2 Å². The van der Waals surface area contributed by atoms with Crippen LogP contribution in [-0.2, 0) is 12.6 Å². The SMILES string of the molecule is CC(C)N(C(=S)[S-])C(C)C.[K+]. The molecule has 0 radical (unpaired) electrons. The summed E-state index contributed by atoms with van der Waals surface area (Å²) < 4.78 is 0.574. The van der Waals surface area contributed by atoms with Crippen molar-refractivity contribution in [1.29, 1.82) is 0 Å². The first kappa shape index (κ1) is 15.2. The molecule has 0 aliphatic carbocycles. The summed E-state index contributed by atoms with van der Waals surface area (Å²) in [6.45, 7) is 8.38. The van der Waals surface area contributed by atoms with Crippen LogP contribution in [0.2, 0.25) is 0 Å². The maximum atomic E-state index is 4.91. The molecule has 0 rings (SSSR count). The zero-order valence-corrected chi connectivity index (χ0v) is 12.7. The first-order valence-corrected chi connectivity index (χ1v) is 4.27. The molecule has 0 aromatic rings. The van der Waals surface area contributed by atoms with Crippen molar-refractivity contribution in [1.82, 2.24) is 4.90 Å². The molecule has 0 spiro atoms. The molecule has 0 saturated heterocycles. The molecule has 4 heteroatoms.